The predicted molar refractivity (Wildman–Crippen MR) is 122 cm³/mol. The van der Waals surface area contributed by atoms with Crippen molar-refractivity contribution in [3.8, 4) is 22.1 Å². The lowest BCUT2D eigenvalue weighted by Gasteiger charge is -2.14. The third-order valence-corrected chi connectivity index (χ3v) is 5.51. The number of aromatic nitrogens is 2. The van der Waals surface area contributed by atoms with Crippen molar-refractivity contribution in [3.63, 3.8) is 0 Å². The van der Waals surface area contributed by atoms with Crippen LogP contribution in [0.2, 0.25) is 0 Å². The molecule has 0 unspecified atom stereocenters. The maximum Gasteiger partial charge on any atom is 0.239 e. The van der Waals surface area contributed by atoms with Gasteiger partial charge in [0.2, 0.25) is 5.91 Å². The topological polar surface area (TPSA) is 76.6 Å². The van der Waals surface area contributed by atoms with E-state index in [0.717, 1.165) is 20.7 Å². The van der Waals surface area contributed by atoms with Gasteiger partial charge in [0.05, 0.1) is 26.0 Å². The Balaban J connectivity index is 1.59. The van der Waals surface area contributed by atoms with Crippen LogP contribution in [-0.2, 0) is 11.3 Å². The van der Waals surface area contributed by atoms with E-state index in [9.17, 15) is 4.79 Å². The van der Waals surface area contributed by atoms with E-state index in [1.54, 1.807) is 30.7 Å². The first-order chi connectivity index (χ1) is 14.5. The monoisotopic (exact) mass is 490 g/mol. The summed E-state index contributed by atoms with van der Waals surface area (Å²) in [5.41, 5.74) is 1.87. The van der Waals surface area contributed by atoms with Crippen LogP contribution < -0.4 is 14.8 Å². The Kier molecular flexibility index (Phi) is 7.78. The highest BCUT2D eigenvalue weighted by atomic mass is 79.9. The van der Waals surface area contributed by atoms with E-state index < -0.39 is 0 Å². The Morgan fingerprint density at radius 3 is 2.80 bits per heavy atom. The SMILES string of the molecule is CCOc1ccc(-c2nc(CN(C)CC(=O)Nc3ccc(Br)cn3)cs2)cc1OC. The van der Waals surface area contributed by atoms with Gasteiger partial charge in [0.25, 0.3) is 0 Å². The van der Waals surface area contributed by atoms with E-state index in [1.165, 1.54) is 0 Å². The van der Waals surface area contributed by atoms with Gasteiger partial charge in [-0.25, -0.2) is 9.97 Å². The summed E-state index contributed by atoms with van der Waals surface area (Å²) >= 11 is 4.88. The number of rotatable bonds is 9. The number of nitrogens with one attached hydrogen (secondary N) is 1. The van der Waals surface area contributed by atoms with E-state index in [1.807, 2.05) is 48.5 Å². The Hall–Kier alpha value is -2.49. The summed E-state index contributed by atoms with van der Waals surface area (Å²) < 4.78 is 11.9. The molecule has 1 N–H and O–H groups in total. The number of hydrogen-bond donors (Lipinski definition) is 1. The molecule has 7 nitrogen and oxygen atoms in total. The lowest BCUT2D eigenvalue weighted by atomic mass is 10.2. The number of pyridine rings is 1. The van der Waals surface area contributed by atoms with Crippen LogP contribution >= 0.6 is 27.3 Å². The molecule has 0 aliphatic carbocycles. The molecule has 0 radical (unpaired) electrons. The molecule has 0 bridgehead atoms. The van der Waals surface area contributed by atoms with Gasteiger partial charge < -0.3 is 14.8 Å². The molecule has 9 heteroatoms. The molecule has 3 rings (SSSR count). The number of benzene rings is 1. The van der Waals surface area contributed by atoms with Crippen molar-refractivity contribution in [3.05, 3.63) is 52.1 Å². The van der Waals surface area contributed by atoms with Crippen LogP contribution in [0.1, 0.15) is 12.6 Å². The van der Waals surface area contributed by atoms with E-state index >= 15 is 0 Å². The molecule has 0 spiro atoms. The second-order valence-corrected chi connectivity index (χ2v) is 8.30. The maximum absolute atomic E-state index is 12.2. The molecule has 0 aliphatic rings. The van der Waals surface area contributed by atoms with Crippen LogP contribution in [0.3, 0.4) is 0 Å². The standard InChI is InChI=1S/C21H23BrN4O3S/c1-4-29-17-7-5-14(9-18(17)28-3)21-24-16(13-30-21)11-26(2)12-20(27)25-19-8-6-15(22)10-23-19/h5-10,13H,4,11-12H2,1-3H3,(H,23,25,27). The van der Waals surface area contributed by atoms with Crippen molar-refractivity contribution < 1.29 is 14.3 Å². The number of halogens is 1. The average molecular weight is 491 g/mol. The molecule has 2 aromatic heterocycles. The molecule has 30 heavy (non-hydrogen) atoms. The minimum absolute atomic E-state index is 0.126. The summed E-state index contributed by atoms with van der Waals surface area (Å²) in [4.78, 5) is 23.0. The van der Waals surface area contributed by atoms with Gasteiger partial charge in [0.1, 0.15) is 10.8 Å². The summed E-state index contributed by atoms with van der Waals surface area (Å²) in [6, 6.07) is 9.37. The average Bonchev–Trinajstić information content (AvgIpc) is 3.18. The lowest BCUT2D eigenvalue weighted by molar-refractivity contribution is -0.117. The van der Waals surface area contributed by atoms with E-state index in [2.05, 4.69) is 26.2 Å². The first-order valence-electron chi connectivity index (χ1n) is 9.34. The van der Waals surface area contributed by atoms with Gasteiger partial charge in [-0.2, -0.15) is 0 Å². The second-order valence-electron chi connectivity index (χ2n) is 6.52. The molecule has 0 atom stereocenters. The number of amides is 1. The molecule has 0 aliphatic heterocycles. The molecule has 1 amide bonds. The minimum atomic E-state index is -0.126. The quantitative estimate of drug-likeness (QED) is 0.477. The van der Waals surface area contributed by atoms with Crippen LogP contribution in [0.4, 0.5) is 5.82 Å². The Morgan fingerprint density at radius 1 is 1.27 bits per heavy atom. The van der Waals surface area contributed by atoms with Gasteiger partial charge in [0.15, 0.2) is 11.5 Å². The number of thiazole rings is 1. The number of likely N-dealkylation sites (N-methyl/N-ethyl adjacent to an activating group) is 1. The van der Waals surface area contributed by atoms with Crippen molar-refractivity contribution in [2.75, 3.05) is 32.6 Å². The van der Waals surface area contributed by atoms with E-state index in [4.69, 9.17) is 14.5 Å². The van der Waals surface area contributed by atoms with Crippen LogP contribution in [0.5, 0.6) is 11.5 Å². The molecular weight excluding hydrogens is 468 g/mol. The van der Waals surface area contributed by atoms with Crippen LogP contribution in [-0.4, -0.2) is 48.1 Å². The van der Waals surface area contributed by atoms with E-state index in [0.29, 0.717) is 30.5 Å². The number of ether oxygens (including phenoxy) is 2. The smallest absolute Gasteiger partial charge is 0.239 e. The summed E-state index contributed by atoms with van der Waals surface area (Å²) in [6.45, 7) is 3.31. The Morgan fingerprint density at radius 2 is 2.10 bits per heavy atom. The van der Waals surface area contributed by atoms with Gasteiger partial charge in [-0.3, -0.25) is 9.69 Å². The highest BCUT2D eigenvalue weighted by Gasteiger charge is 2.13. The minimum Gasteiger partial charge on any atom is -0.493 e. The molecular formula is C21H23BrN4O3S. The molecule has 0 fully saturated rings. The number of methoxy groups -OCH3 is 1. The van der Waals surface area contributed by atoms with Gasteiger partial charge in [-0.1, -0.05) is 0 Å². The number of hydrogen-bond acceptors (Lipinski definition) is 7. The van der Waals surface area contributed by atoms with Crippen LogP contribution in [0.15, 0.2) is 46.4 Å². The zero-order chi connectivity index (χ0) is 21.5. The van der Waals surface area contributed by atoms with Crippen molar-refractivity contribution in [2.24, 2.45) is 0 Å². The largest absolute Gasteiger partial charge is 0.493 e. The zero-order valence-electron chi connectivity index (χ0n) is 17.0. The first-order valence-corrected chi connectivity index (χ1v) is 11.0. The molecule has 2 heterocycles. The number of nitrogens with zero attached hydrogens (tertiary/aromatic N) is 3. The fourth-order valence-corrected chi connectivity index (χ4v) is 3.84. The van der Waals surface area contributed by atoms with Crippen molar-refractivity contribution in [1.82, 2.24) is 14.9 Å². The number of carbonyl (C=O) groups excluding carboxylic acids is 1. The maximum atomic E-state index is 12.2. The summed E-state index contributed by atoms with van der Waals surface area (Å²) in [6.07, 6.45) is 1.64. The zero-order valence-corrected chi connectivity index (χ0v) is 19.4. The van der Waals surface area contributed by atoms with Crippen molar-refractivity contribution >= 4 is 39.0 Å². The molecule has 0 saturated heterocycles. The van der Waals surface area contributed by atoms with E-state index in [-0.39, 0.29) is 12.5 Å². The summed E-state index contributed by atoms with van der Waals surface area (Å²) in [7, 11) is 3.51. The molecule has 158 valence electrons. The van der Waals surface area contributed by atoms with Crippen LogP contribution in [0.25, 0.3) is 10.6 Å². The number of anilines is 1. The first kappa shape index (κ1) is 22.2. The third kappa shape index (κ3) is 6.01. The summed E-state index contributed by atoms with van der Waals surface area (Å²) in [5.74, 6) is 1.80. The van der Waals surface area contributed by atoms with Gasteiger partial charge in [-0.05, 0) is 60.2 Å². The van der Waals surface area contributed by atoms with Crippen molar-refractivity contribution in [2.45, 2.75) is 13.5 Å². The summed E-state index contributed by atoms with van der Waals surface area (Å²) in [5, 5.41) is 5.68. The molecule has 0 saturated carbocycles. The highest BCUT2D eigenvalue weighted by molar-refractivity contribution is 9.10. The Labute approximate surface area is 188 Å². The van der Waals surface area contributed by atoms with Gasteiger partial charge in [-0.15, -0.1) is 11.3 Å². The second kappa shape index (κ2) is 10.5. The third-order valence-electron chi connectivity index (χ3n) is 4.10. The van der Waals surface area contributed by atoms with Crippen molar-refractivity contribution in [1.29, 1.82) is 0 Å². The van der Waals surface area contributed by atoms with Gasteiger partial charge >= 0.3 is 0 Å². The van der Waals surface area contributed by atoms with Crippen LogP contribution in [0, 0.1) is 0 Å². The fraction of sp³-hybridized carbons (Fsp3) is 0.286. The molecule has 1 aromatic carbocycles. The fourth-order valence-electron chi connectivity index (χ4n) is 2.80. The highest BCUT2D eigenvalue weighted by Crippen LogP contribution is 2.33. The normalized spacial score (nSPS) is 10.8. The number of carbonyl (C=O) groups is 1. The van der Waals surface area contributed by atoms with Gasteiger partial charge in [0, 0.05) is 28.2 Å². The lowest BCUT2D eigenvalue weighted by Crippen LogP contribution is -2.30. The predicted octanol–water partition coefficient (Wildman–Crippen LogP) is 4.45. The Bertz CT molecular complexity index is 994. The molecule has 3 aromatic rings.